The molecule has 2 aromatic rings. The van der Waals surface area contributed by atoms with Gasteiger partial charge >= 0.3 is 6.18 Å². The third-order valence-electron chi connectivity index (χ3n) is 6.49. The molecule has 38 heavy (non-hydrogen) atoms. The molecule has 0 aliphatic heterocycles. The molecule has 1 aliphatic carbocycles. The third-order valence-corrected chi connectivity index (χ3v) is 8.24. The van der Waals surface area contributed by atoms with Gasteiger partial charge in [-0.05, 0) is 81.8 Å². The average Bonchev–Trinajstić information content (AvgIpc) is 2.81. The van der Waals surface area contributed by atoms with Crippen LogP contribution in [0.5, 0.6) is 0 Å². The van der Waals surface area contributed by atoms with E-state index in [2.05, 4.69) is 44.4 Å². The van der Waals surface area contributed by atoms with Crippen molar-refractivity contribution in [1.29, 1.82) is 0 Å². The molecule has 3 rings (SSSR count). The first-order valence-corrected chi connectivity index (χ1v) is 14.1. The van der Waals surface area contributed by atoms with Crippen molar-refractivity contribution >= 4 is 15.7 Å². The lowest BCUT2D eigenvalue weighted by molar-refractivity contribution is -0.137. The number of amides is 1. The lowest BCUT2D eigenvalue weighted by atomic mass is 9.85. The standard InChI is InChI=1S/C27H35F3N2O5S/c1-16(32-26(2,3)4)17-11-12-21-18(13-17)7-5-10-22(21)31-25(35)24(34)23(33)15-38(36,37)20-9-6-8-19(14-20)27(28,29)30/h6,8-9,11-14,16,22-24,32-34H,5,7,10,15H2,1-4H3,(H,31,35)/t16-,22+,23-,24-/m1/s1. The molecule has 7 nitrogen and oxygen atoms in total. The van der Waals surface area contributed by atoms with E-state index in [9.17, 15) is 36.6 Å². The maximum Gasteiger partial charge on any atom is 0.416 e. The number of nitrogens with one attached hydrogen (secondary N) is 2. The molecule has 11 heteroatoms. The largest absolute Gasteiger partial charge is 0.416 e. The van der Waals surface area contributed by atoms with Gasteiger partial charge in [0.2, 0.25) is 0 Å². The summed E-state index contributed by atoms with van der Waals surface area (Å²) in [7, 11) is -4.42. The van der Waals surface area contributed by atoms with Crippen molar-refractivity contribution in [3.05, 3.63) is 64.7 Å². The fourth-order valence-corrected chi connectivity index (χ4v) is 6.11. The maximum absolute atomic E-state index is 13.0. The van der Waals surface area contributed by atoms with E-state index >= 15 is 0 Å². The van der Waals surface area contributed by atoms with Gasteiger partial charge in [-0.25, -0.2) is 8.42 Å². The Labute approximate surface area is 221 Å². The minimum absolute atomic E-state index is 0.0720. The molecule has 0 saturated carbocycles. The predicted octanol–water partition coefficient (Wildman–Crippen LogP) is 3.84. The summed E-state index contributed by atoms with van der Waals surface area (Å²) in [5.41, 5.74) is 1.81. The summed E-state index contributed by atoms with van der Waals surface area (Å²) >= 11 is 0. The highest BCUT2D eigenvalue weighted by atomic mass is 32.2. The molecule has 4 atom stereocenters. The van der Waals surface area contributed by atoms with Gasteiger partial charge in [0.05, 0.1) is 22.3 Å². The second-order valence-electron chi connectivity index (χ2n) is 10.8. The number of fused-ring (bicyclic) bond motifs is 1. The van der Waals surface area contributed by atoms with Gasteiger partial charge in [0.1, 0.15) is 6.10 Å². The van der Waals surface area contributed by atoms with Crippen LogP contribution >= 0.6 is 0 Å². The fraction of sp³-hybridized carbons (Fsp3) is 0.519. The zero-order valence-corrected chi connectivity index (χ0v) is 22.7. The van der Waals surface area contributed by atoms with Gasteiger partial charge in [0, 0.05) is 11.6 Å². The second kappa shape index (κ2) is 11.3. The van der Waals surface area contributed by atoms with Crippen LogP contribution in [-0.4, -0.2) is 48.0 Å². The van der Waals surface area contributed by atoms with Crippen molar-refractivity contribution < 1.29 is 36.6 Å². The lowest BCUT2D eigenvalue weighted by Gasteiger charge is -2.30. The van der Waals surface area contributed by atoms with Crippen LogP contribution in [0.25, 0.3) is 0 Å². The number of hydrogen-bond donors (Lipinski definition) is 4. The van der Waals surface area contributed by atoms with Gasteiger partial charge in [0.15, 0.2) is 15.9 Å². The van der Waals surface area contributed by atoms with E-state index in [1.807, 2.05) is 12.1 Å². The summed E-state index contributed by atoms with van der Waals surface area (Å²) in [5.74, 6) is -2.08. The Hall–Kier alpha value is -2.47. The predicted molar refractivity (Wildman–Crippen MR) is 137 cm³/mol. The molecule has 0 spiro atoms. The van der Waals surface area contributed by atoms with Crippen LogP contribution in [0.2, 0.25) is 0 Å². The van der Waals surface area contributed by atoms with Crippen molar-refractivity contribution in [1.82, 2.24) is 10.6 Å². The van der Waals surface area contributed by atoms with Gasteiger partial charge in [0.25, 0.3) is 5.91 Å². The normalized spacial score (nSPS) is 18.8. The fourth-order valence-electron chi connectivity index (χ4n) is 4.70. The highest BCUT2D eigenvalue weighted by molar-refractivity contribution is 7.91. The molecular weight excluding hydrogens is 521 g/mol. The Balaban J connectivity index is 1.69. The van der Waals surface area contributed by atoms with Crippen LogP contribution < -0.4 is 10.6 Å². The number of benzene rings is 2. The van der Waals surface area contributed by atoms with E-state index < -0.39 is 56.4 Å². The summed E-state index contributed by atoms with van der Waals surface area (Å²) in [6, 6.07) is 8.75. The molecule has 0 saturated heterocycles. The van der Waals surface area contributed by atoms with Crippen molar-refractivity contribution in [3.8, 4) is 0 Å². The van der Waals surface area contributed by atoms with Crippen LogP contribution in [0, 0.1) is 0 Å². The minimum atomic E-state index is -4.75. The van der Waals surface area contributed by atoms with E-state index in [4.69, 9.17) is 0 Å². The first-order valence-electron chi connectivity index (χ1n) is 12.4. The second-order valence-corrected chi connectivity index (χ2v) is 12.9. The molecule has 0 bridgehead atoms. The molecule has 0 fully saturated rings. The van der Waals surface area contributed by atoms with Crippen LogP contribution in [-0.2, 0) is 27.2 Å². The van der Waals surface area contributed by atoms with E-state index in [-0.39, 0.29) is 11.6 Å². The Morgan fingerprint density at radius 3 is 2.42 bits per heavy atom. The summed E-state index contributed by atoms with van der Waals surface area (Å²) in [6.45, 7) is 8.31. The number of carbonyl (C=O) groups is 1. The highest BCUT2D eigenvalue weighted by Crippen LogP contribution is 2.33. The van der Waals surface area contributed by atoms with Crippen molar-refractivity contribution in [2.75, 3.05) is 5.75 Å². The first kappa shape index (κ1) is 30.1. The van der Waals surface area contributed by atoms with Gasteiger partial charge in [-0.3, -0.25) is 4.79 Å². The molecule has 0 aromatic heterocycles. The van der Waals surface area contributed by atoms with Crippen molar-refractivity contribution in [3.63, 3.8) is 0 Å². The number of aliphatic hydroxyl groups excluding tert-OH is 2. The van der Waals surface area contributed by atoms with Gasteiger partial charge in [-0.2, -0.15) is 13.2 Å². The lowest BCUT2D eigenvalue weighted by Crippen LogP contribution is -2.46. The summed E-state index contributed by atoms with van der Waals surface area (Å²) < 4.78 is 64.1. The van der Waals surface area contributed by atoms with Crippen LogP contribution in [0.15, 0.2) is 47.4 Å². The summed E-state index contributed by atoms with van der Waals surface area (Å²) in [6.07, 6.45) is -6.68. The topological polar surface area (TPSA) is 116 Å². The smallest absolute Gasteiger partial charge is 0.389 e. The monoisotopic (exact) mass is 556 g/mol. The van der Waals surface area contributed by atoms with Crippen molar-refractivity contribution in [2.45, 2.75) is 87.9 Å². The number of aryl methyl sites for hydroxylation is 1. The number of aliphatic hydroxyl groups is 2. The molecule has 2 aromatic carbocycles. The zero-order chi connectivity index (χ0) is 28.5. The number of carbonyl (C=O) groups excluding carboxylic acids is 1. The highest BCUT2D eigenvalue weighted by Gasteiger charge is 2.35. The van der Waals surface area contributed by atoms with E-state index in [1.165, 1.54) is 0 Å². The number of alkyl halides is 3. The van der Waals surface area contributed by atoms with Crippen molar-refractivity contribution in [2.24, 2.45) is 0 Å². The molecule has 0 unspecified atom stereocenters. The number of hydrogen-bond acceptors (Lipinski definition) is 6. The van der Waals surface area contributed by atoms with E-state index in [0.717, 1.165) is 47.7 Å². The average molecular weight is 557 g/mol. The number of rotatable bonds is 8. The zero-order valence-electron chi connectivity index (χ0n) is 21.8. The minimum Gasteiger partial charge on any atom is -0.389 e. The van der Waals surface area contributed by atoms with E-state index in [1.54, 1.807) is 0 Å². The van der Waals surface area contributed by atoms with Crippen LogP contribution in [0.3, 0.4) is 0 Å². The van der Waals surface area contributed by atoms with Crippen LogP contribution in [0.4, 0.5) is 13.2 Å². The Morgan fingerprint density at radius 2 is 1.79 bits per heavy atom. The summed E-state index contributed by atoms with van der Waals surface area (Å²) in [4.78, 5) is 12.1. The molecule has 0 heterocycles. The summed E-state index contributed by atoms with van der Waals surface area (Å²) in [5, 5.41) is 26.9. The maximum atomic E-state index is 13.0. The van der Waals surface area contributed by atoms with Gasteiger partial charge in [-0.15, -0.1) is 0 Å². The quantitative estimate of drug-likeness (QED) is 0.393. The molecule has 4 N–H and O–H groups in total. The third kappa shape index (κ3) is 7.56. The Bertz CT molecular complexity index is 1260. The SMILES string of the molecule is C[C@@H](NC(C)(C)C)c1ccc2c(c1)CCC[C@@H]2NC(=O)[C@H](O)[C@H](O)CS(=O)(=O)c1cccc(C(F)(F)F)c1. The van der Waals surface area contributed by atoms with Gasteiger partial charge in [-0.1, -0.05) is 24.3 Å². The molecule has 1 amide bonds. The number of halogens is 3. The molecule has 0 radical (unpaired) electrons. The van der Waals surface area contributed by atoms with Gasteiger partial charge < -0.3 is 20.8 Å². The Morgan fingerprint density at radius 1 is 1.11 bits per heavy atom. The first-order chi connectivity index (χ1) is 17.5. The van der Waals surface area contributed by atoms with E-state index in [0.29, 0.717) is 12.5 Å². The number of sulfone groups is 1. The molecule has 210 valence electrons. The molecule has 1 aliphatic rings. The molecular formula is C27H35F3N2O5S. The Kier molecular flexibility index (Phi) is 8.97. The van der Waals surface area contributed by atoms with Crippen LogP contribution in [0.1, 0.15) is 74.9 Å².